The number of amides is 1. The number of nitrogens with zero attached hydrogens (tertiary/aromatic N) is 2. The number of halogens is 2. The summed E-state index contributed by atoms with van der Waals surface area (Å²) >= 11 is 0. The molecule has 0 aliphatic heterocycles. The zero-order chi connectivity index (χ0) is 12.1. The fourth-order valence-corrected chi connectivity index (χ4v) is 1.41. The van der Waals surface area contributed by atoms with Crippen molar-refractivity contribution in [3.63, 3.8) is 0 Å². The van der Waals surface area contributed by atoms with Gasteiger partial charge in [0.15, 0.2) is 0 Å². The van der Waals surface area contributed by atoms with Gasteiger partial charge in [0.1, 0.15) is 0 Å². The molecule has 0 saturated carbocycles. The topological polar surface area (TPSA) is 59.2 Å². The molecule has 1 aromatic heterocycles. The van der Waals surface area contributed by atoms with Gasteiger partial charge in [0, 0.05) is 32.0 Å². The molecule has 18 heavy (non-hydrogen) atoms. The molecule has 0 aliphatic carbocycles. The van der Waals surface area contributed by atoms with Crippen LogP contribution < -0.4 is 5.73 Å². The number of pyridine rings is 1. The molecule has 1 heterocycles. The monoisotopic (exact) mass is 293 g/mol. The average molecular weight is 294 g/mol. The Bertz CT molecular complexity index is 346. The highest BCUT2D eigenvalue weighted by Gasteiger charge is 2.20. The maximum absolute atomic E-state index is 11.9. The van der Waals surface area contributed by atoms with Crippen molar-refractivity contribution in [1.82, 2.24) is 9.88 Å². The van der Waals surface area contributed by atoms with Crippen molar-refractivity contribution in [2.75, 3.05) is 7.05 Å². The lowest BCUT2D eigenvalue weighted by molar-refractivity contribution is -0.134. The van der Waals surface area contributed by atoms with Crippen LogP contribution >= 0.6 is 24.8 Å². The molecule has 1 rings (SSSR count). The van der Waals surface area contributed by atoms with E-state index in [1.54, 1.807) is 24.3 Å². The summed E-state index contributed by atoms with van der Waals surface area (Å²) in [6, 6.07) is 3.69. The molecule has 6 heteroatoms. The highest BCUT2D eigenvalue weighted by atomic mass is 35.5. The second kappa shape index (κ2) is 9.14. The van der Waals surface area contributed by atoms with Gasteiger partial charge in [-0.25, -0.2) is 0 Å². The van der Waals surface area contributed by atoms with E-state index >= 15 is 0 Å². The molecule has 2 atom stereocenters. The van der Waals surface area contributed by atoms with Crippen LogP contribution in [0, 0.1) is 5.92 Å². The smallest absolute Gasteiger partial charge is 0.226 e. The molecule has 0 bridgehead atoms. The second-order valence-corrected chi connectivity index (χ2v) is 4.20. The van der Waals surface area contributed by atoms with E-state index in [-0.39, 0.29) is 42.7 Å². The van der Waals surface area contributed by atoms with E-state index in [2.05, 4.69) is 4.98 Å². The van der Waals surface area contributed by atoms with Gasteiger partial charge < -0.3 is 10.6 Å². The second-order valence-electron chi connectivity index (χ2n) is 4.20. The molecular formula is C12H21Cl2N3O. The number of hydrogen-bond acceptors (Lipinski definition) is 3. The van der Waals surface area contributed by atoms with Crippen molar-refractivity contribution in [3.8, 4) is 0 Å². The molecule has 4 nitrogen and oxygen atoms in total. The maximum Gasteiger partial charge on any atom is 0.226 e. The van der Waals surface area contributed by atoms with Gasteiger partial charge >= 0.3 is 0 Å². The molecule has 104 valence electrons. The lowest BCUT2D eigenvalue weighted by atomic mass is 10.0. The lowest BCUT2D eigenvalue weighted by Crippen LogP contribution is -2.39. The third kappa shape index (κ3) is 5.67. The highest BCUT2D eigenvalue weighted by Crippen LogP contribution is 2.08. The summed E-state index contributed by atoms with van der Waals surface area (Å²) in [5, 5.41) is 0. The standard InChI is InChI=1S/C12H19N3O.2ClH/c1-9(10(2)13)12(16)15(3)8-11-4-6-14-7-5-11;;/h4-7,9-10H,8,13H2,1-3H3;2*1H. The van der Waals surface area contributed by atoms with Crippen molar-refractivity contribution in [1.29, 1.82) is 0 Å². The number of aromatic nitrogens is 1. The van der Waals surface area contributed by atoms with E-state index < -0.39 is 0 Å². The fourth-order valence-electron chi connectivity index (χ4n) is 1.41. The van der Waals surface area contributed by atoms with Gasteiger partial charge in [-0.1, -0.05) is 6.92 Å². The molecule has 1 aromatic rings. The minimum atomic E-state index is -0.146. The van der Waals surface area contributed by atoms with Gasteiger partial charge in [-0.15, -0.1) is 24.8 Å². The Morgan fingerprint density at radius 1 is 1.33 bits per heavy atom. The number of rotatable bonds is 4. The van der Waals surface area contributed by atoms with E-state index in [9.17, 15) is 4.79 Å². The molecule has 1 amide bonds. The Labute approximate surface area is 121 Å². The van der Waals surface area contributed by atoms with Crippen LogP contribution in [0.15, 0.2) is 24.5 Å². The summed E-state index contributed by atoms with van der Waals surface area (Å²) in [5.74, 6) is -0.0707. The zero-order valence-electron chi connectivity index (χ0n) is 10.9. The molecule has 2 N–H and O–H groups in total. The van der Waals surface area contributed by atoms with E-state index in [0.29, 0.717) is 6.54 Å². The van der Waals surface area contributed by atoms with Gasteiger partial charge in [0.2, 0.25) is 5.91 Å². The first-order valence-corrected chi connectivity index (χ1v) is 5.42. The SMILES string of the molecule is CC(N)C(C)C(=O)N(C)Cc1ccncc1.Cl.Cl. The lowest BCUT2D eigenvalue weighted by Gasteiger charge is -2.23. The number of nitrogens with two attached hydrogens (primary N) is 1. The van der Waals surface area contributed by atoms with Crippen molar-refractivity contribution in [2.45, 2.75) is 26.4 Å². The number of carbonyl (C=O) groups excluding carboxylic acids is 1. The van der Waals surface area contributed by atoms with Crippen molar-refractivity contribution < 1.29 is 4.79 Å². The van der Waals surface area contributed by atoms with Gasteiger partial charge in [0.05, 0.1) is 5.92 Å². The summed E-state index contributed by atoms with van der Waals surface area (Å²) in [6.45, 7) is 4.30. The quantitative estimate of drug-likeness (QED) is 0.922. The Morgan fingerprint density at radius 2 is 1.83 bits per heavy atom. The van der Waals surface area contributed by atoms with E-state index in [1.165, 1.54) is 0 Å². The Morgan fingerprint density at radius 3 is 2.28 bits per heavy atom. The third-order valence-electron chi connectivity index (χ3n) is 2.72. The molecule has 0 aliphatic rings. The summed E-state index contributed by atoms with van der Waals surface area (Å²) < 4.78 is 0. The van der Waals surface area contributed by atoms with Crippen molar-refractivity contribution >= 4 is 30.7 Å². The molecule has 0 fully saturated rings. The van der Waals surface area contributed by atoms with Gasteiger partial charge in [-0.3, -0.25) is 9.78 Å². The predicted molar refractivity (Wildman–Crippen MR) is 78.0 cm³/mol. The highest BCUT2D eigenvalue weighted by molar-refractivity contribution is 5.85. The third-order valence-corrected chi connectivity index (χ3v) is 2.72. The van der Waals surface area contributed by atoms with Gasteiger partial charge in [0.25, 0.3) is 0 Å². The average Bonchev–Trinajstić information content (AvgIpc) is 2.28. The summed E-state index contributed by atoms with van der Waals surface area (Å²) in [5.41, 5.74) is 6.78. The van der Waals surface area contributed by atoms with Gasteiger partial charge in [-0.2, -0.15) is 0 Å². The summed E-state index contributed by atoms with van der Waals surface area (Å²) in [4.78, 5) is 17.6. The van der Waals surface area contributed by atoms with Crippen LogP contribution in [0.3, 0.4) is 0 Å². The first-order valence-electron chi connectivity index (χ1n) is 5.42. The summed E-state index contributed by atoms with van der Waals surface area (Å²) in [6.07, 6.45) is 3.45. The maximum atomic E-state index is 11.9. The minimum Gasteiger partial charge on any atom is -0.341 e. The molecule has 2 unspecified atom stereocenters. The fraction of sp³-hybridized carbons (Fsp3) is 0.500. The molecule has 0 saturated heterocycles. The van der Waals surface area contributed by atoms with Crippen LogP contribution in [0.25, 0.3) is 0 Å². The minimum absolute atomic E-state index is 0. The largest absolute Gasteiger partial charge is 0.341 e. The van der Waals surface area contributed by atoms with Crippen molar-refractivity contribution in [3.05, 3.63) is 30.1 Å². The predicted octanol–water partition coefficient (Wildman–Crippen LogP) is 1.87. The Kier molecular flexibility index (Phi) is 9.90. The van der Waals surface area contributed by atoms with E-state index in [4.69, 9.17) is 5.73 Å². The molecule has 0 spiro atoms. The first kappa shape index (κ1) is 19.5. The van der Waals surface area contributed by atoms with Crippen molar-refractivity contribution in [2.24, 2.45) is 11.7 Å². The van der Waals surface area contributed by atoms with Crippen LogP contribution in [-0.4, -0.2) is 28.9 Å². The number of carbonyl (C=O) groups is 1. The summed E-state index contributed by atoms with van der Waals surface area (Å²) in [7, 11) is 1.79. The van der Waals surface area contributed by atoms with Crippen LogP contribution in [0.1, 0.15) is 19.4 Å². The van der Waals surface area contributed by atoms with Crippen LogP contribution in [0.4, 0.5) is 0 Å². The van der Waals surface area contributed by atoms with E-state index in [0.717, 1.165) is 5.56 Å². The van der Waals surface area contributed by atoms with Gasteiger partial charge in [-0.05, 0) is 24.6 Å². The Hall–Kier alpha value is -0.840. The molecule has 0 aromatic carbocycles. The van der Waals surface area contributed by atoms with Crippen LogP contribution in [0.2, 0.25) is 0 Å². The number of hydrogen-bond donors (Lipinski definition) is 1. The van der Waals surface area contributed by atoms with Crippen LogP contribution in [0.5, 0.6) is 0 Å². The zero-order valence-corrected chi connectivity index (χ0v) is 12.5. The van der Waals surface area contributed by atoms with E-state index in [1.807, 2.05) is 26.0 Å². The Balaban J connectivity index is 0. The molecule has 0 radical (unpaired) electrons. The molecular weight excluding hydrogens is 273 g/mol. The normalized spacial score (nSPS) is 12.7. The van der Waals surface area contributed by atoms with Crippen LogP contribution in [-0.2, 0) is 11.3 Å². The first-order chi connectivity index (χ1) is 7.52.